The van der Waals surface area contributed by atoms with Crippen molar-refractivity contribution in [2.45, 2.75) is 45.1 Å². The number of nitrogens with zero attached hydrogens (tertiary/aromatic N) is 1. The summed E-state index contributed by atoms with van der Waals surface area (Å²) in [5, 5.41) is 13.9. The number of rotatable bonds is 4. The Labute approximate surface area is 128 Å². The van der Waals surface area contributed by atoms with E-state index in [9.17, 15) is 14.9 Å². The monoisotopic (exact) mass is 310 g/mol. The van der Waals surface area contributed by atoms with Gasteiger partial charge in [0, 0.05) is 17.7 Å². The van der Waals surface area contributed by atoms with Crippen LogP contribution in [0.25, 0.3) is 0 Å². The number of hydrogen-bond acceptors (Lipinski definition) is 3. The molecule has 6 heteroatoms. The Morgan fingerprint density at radius 1 is 1.48 bits per heavy atom. The first kappa shape index (κ1) is 15.8. The molecular formula is C15H19ClN2O3. The lowest BCUT2D eigenvalue weighted by Gasteiger charge is -2.29. The van der Waals surface area contributed by atoms with Gasteiger partial charge >= 0.3 is 0 Å². The fourth-order valence-corrected chi connectivity index (χ4v) is 3.04. The third-order valence-corrected chi connectivity index (χ3v) is 4.42. The van der Waals surface area contributed by atoms with Crippen LogP contribution < -0.4 is 5.32 Å². The van der Waals surface area contributed by atoms with Crippen LogP contribution >= 0.6 is 11.6 Å². The van der Waals surface area contributed by atoms with E-state index < -0.39 is 4.92 Å². The SMILES string of the molecule is CCC1CCCC(NC(=O)c2ccc(Cl)c([N+](=O)[O-])c2)C1. The van der Waals surface area contributed by atoms with E-state index in [0.29, 0.717) is 5.92 Å². The molecule has 2 unspecified atom stereocenters. The minimum atomic E-state index is -0.577. The maximum atomic E-state index is 12.2. The van der Waals surface area contributed by atoms with Crippen LogP contribution in [-0.2, 0) is 0 Å². The van der Waals surface area contributed by atoms with Crippen LogP contribution in [0.5, 0.6) is 0 Å². The molecule has 0 aliphatic heterocycles. The van der Waals surface area contributed by atoms with Gasteiger partial charge in [-0.05, 0) is 30.9 Å². The summed E-state index contributed by atoms with van der Waals surface area (Å²) in [4.78, 5) is 22.5. The van der Waals surface area contributed by atoms with Crippen molar-refractivity contribution in [2.24, 2.45) is 5.92 Å². The average Bonchev–Trinajstić information content (AvgIpc) is 2.47. The van der Waals surface area contributed by atoms with Gasteiger partial charge in [-0.15, -0.1) is 0 Å². The fraction of sp³-hybridized carbons (Fsp3) is 0.533. The molecule has 2 rings (SSSR count). The van der Waals surface area contributed by atoms with Crippen LogP contribution in [0.3, 0.4) is 0 Å². The molecule has 0 spiro atoms. The number of benzene rings is 1. The third-order valence-electron chi connectivity index (χ3n) is 4.10. The van der Waals surface area contributed by atoms with Gasteiger partial charge in [0.25, 0.3) is 11.6 Å². The molecule has 1 aliphatic carbocycles. The second-order valence-corrected chi connectivity index (χ2v) is 5.94. The molecule has 1 aromatic rings. The molecule has 0 saturated heterocycles. The number of hydrogen-bond donors (Lipinski definition) is 1. The van der Waals surface area contributed by atoms with Crippen molar-refractivity contribution in [3.05, 3.63) is 38.9 Å². The first-order chi connectivity index (χ1) is 10.0. The fourth-order valence-electron chi connectivity index (χ4n) is 2.86. The number of carbonyl (C=O) groups excluding carboxylic acids is 1. The van der Waals surface area contributed by atoms with Crippen molar-refractivity contribution in [2.75, 3.05) is 0 Å². The van der Waals surface area contributed by atoms with Gasteiger partial charge in [-0.1, -0.05) is 37.8 Å². The number of nitro groups is 1. The van der Waals surface area contributed by atoms with Gasteiger partial charge in [0.05, 0.1) is 4.92 Å². The summed E-state index contributed by atoms with van der Waals surface area (Å²) in [7, 11) is 0. The molecule has 5 nitrogen and oxygen atoms in total. The van der Waals surface area contributed by atoms with Crippen LogP contribution in [0.15, 0.2) is 18.2 Å². The van der Waals surface area contributed by atoms with Crippen molar-refractivity contribution in [1.29, 1.82) is 0 Å². The van der Waals surface area contributed by atoms with Gasteiger partial charge in [-0.25, -0.2) is 0 Å². The minimum absolute atomic E-state index is 0.0419. The summed E-state index contributed by atoms with van der Waals surface area (Å²) in [5.74, 6) is 0.389. The highest BCUT2D eigenvalue weighted by Gasteiger charge is 2.23. The van der Waals surface area contributed by atoms with Crippen molar-refractivity contribution in [3.8, 4) is 0 Å². The summed E-state index contributed by atoms with van der Waals surface area (Å²) >= 11 is 5.75. The lowest BCUT2D eigenvalue weighted by atomic mass is 9.84. The van der Waals surface area contributed by atoms with Gasteiger partial charge in [0.2, 0.25) is 0 Å². The molecule has 0 heterocycles. The zero-order valence-electron chi connectivity index (χ0n) is 12.0. The molecule has 0 radical (unpaired) electrons. The lowest BCUT2D eigenvalue weighted by Crippen LogP contribution is -2.38. The number of nitrogens with one attached hydrogen (secondary N) is 1. The van der Waals surface area contributed by atoms with E-state index in [4.69, 9.17) is 11.6 Å². The topological polar surface area (TPSA) is 72.2 Å². The van der Waals surface area contributed by atoms with E-state index in [-0.39, 0.29) is 28.2 Å². The summed E-state index contributed by atoms with van der Waals surface area (Å²) in [6, 6.07) is 4.30. The predicted octanol–water partition coefficient (Wildman–Crippen LogP) is 3.95. The second kappa shape index (κ2) is 6.89. The van der Waals surface area contributed by atoms with E-state index in [1.807, 2.05) is 0 Å². The number of carbonyl (C=O) groups is 1. The Kier molecular flexibility index (Phi) is 5.17. The van der Waals surface area contributed by atoms with Crippen LogP contribution in [-0.4, -0.2) is 16.9 Å². The maximum Gasteiger partial charge on any atom is 0.288 e. The molecule has 1 aromatic carbocycles. The molecule has 1 N–H and O–H groups in total. The molecule has 1 aliphatic rings. The maximum absolute atomic E-state index is 12.2. The number of halogens is 1. The van der Waals surface area contributed by atoms with Crippen LogP contribution in [0.4, 0.5) is 5.69 Å². The molecule has 2 atom stereocenters. The lowest BCUT2D eigenvalue weighted by molar-refractivity contribution is -0.384. The molecule has 1 fully saturated rings. The molecule has 0 bridgehead atoms. The highest BCUT2D eigenvalue weighted by Crippen LogP contribution is 2.28. The van der Waals surface area contributed by atoms with Crippen molar-refractivity contribution >= 4 is 23.2 Å². The van der Waals surface area contributed by atoms with E-state index >= 15 is 0 Å². The van der Waals surface area contributed by atoms with Gasteiger partial charge < -0.3 is 5.32 Å². The zero-order chi connectivity index (χ0) is 15.4. The van der Waals surface area contributed by atoms with Gasteiger partial charge in [0.1, 0.15) is 5.02 Å². The van der Waals surface area contributed by atoms with Crippen LogP contribution in [0.1, 0.15) is 49.4 Å². The Hall–Kier alpha value is -1.62. The largest absolute Gasteiger partial charge is 0.349 e. The Morgan fingerprint density at radius 3 is 2.90 bits per heavy atom. The molecule has 21 heavy (non-hydrogen) atoms. The first-order valence-corrected chi connectivity index (χ1v) is 7.63. The molecule has 1 saturated carbocycles. The summed E-state index contributed by atoms with van der Waals surface area (Å²) < 4.78 is 0. The standard InChI is InChI=1S/C15H19ClN2O3/c1-2-10-4-3-5-12(8-10)17-15(19)11-6-7-13(16)14(9-11)18(20)21/h6-7,9-10,12H,2-5,8H2,1H3,(H,17,19). The normalized spacial score (nSPS) is 21.8. The van der Waals surface area contributed by atoms with Gasteiger partial charge in [-0.3, -0.25) is 14.9 Å². The molecule has 114 valence electrons. The Bertz CT molecular complexity index is 548. The van der Waals surface area contributed by atoms with Crippen LogP contribution in [0.2, 0.25) is 5.02 Å². The van der Waals surface area contributed by atoms with Crippen molar-refractivity contribution in [1.82, 2.24) is 5.32 Å². The number of amides is 1. The highest BCUT2D eigenvalue weighted by molar-refractivity contribution is 6.32. The second-order valence-electron chi connectivity index (χ2n) is 5.53. The van der Waals surface area contributed by atoms with Gasteiger partial charge in [-0.2, -0.15) is 0 Å². The highest BCUT2D eigenvalue weighted by atomic mass is 35.5. The molecule has 1 amide bonds. The molecule has 0 aromatic heterocycles. The quantitative estimate of drug-likeness (QED) is 0.676. The minimum Gasteiger partial charge on any atom is -0.349 e. The summed E-state index contributed by atoms with van der Waals surface area (Å²) in [6.07, 6.45) is 5.41. The first-order valence-electron chi connectivity index (χ1n) is 7.26. The number of nitro benzene ring substituents is 1. The Morgan fingerprint density at radius 2 is 2.24 bits per heavy atom. The van der Waals surface area contributed by atoms with E-state index in [1.165, 1.54) is 24.6 Å². The van der Waals surface area contributed by atoms with Crippen molar-refractivity contribution < 1.29 is 9.72 Å². The van der Waals surface area contributed by atoms with Gasteiger partial charge in [0.15, 0.2) is 0 Å². The average molecular weight is 311 g/mol. The smallest absolute Gasteiger partial charge is 0.288 e. The van der Waals surface area contributed by atoms with Crippen molar-refractivity contribution in [3.63, 3.8) is 0 Å². The third kappa shape index (κ3) is 3.94. The van der Waals surface area contributed by atoms with E-state index in [0.717, 1.165) is 25.7 Å². The Balaban J connectivity index is 2.06. The summed E-state index contributed by atoms with van der Waals surface area (Å²) in [6.45, 7) is 2.16. The summed E-state index contributed by atoms with van der Waals surface area (Å²) in [5.41, 5.74) is 0.0455. The van der Waals surface area contributed by atoms with Crippen LogP contribution in [0, 0.1) is 16.0 Å². The van der Waals surface area contributed by atoms with E-state index in [1.54, 1.807) is 0 Å². The van der Waals surface area contributed by atoms with E-state index in [2.05, 4.69) is 12.2 Å². The zero-order valence-corrected chi connectivity index (χ0v) is 12.7. The predicted molar refractivity (Wildman–Crippen MR) is 81.6 cm³/mol. The molecular weight excluding hydrogens is 292 g/mol.